The van der Waals surface area contributed by atoms with Crippen LogP contribution in [0.2, 0.25) is 0 Å². The molecule has 0 radical (unpaired) electrons. The summed E-state index contributed by atoms with van der Waals surface area (Å²) < 4.78 is 5.32. The van der Waals surface area contributed by atoms with Crippen LogP contribution in [0.3, 0.4) is 0 Å². The minimum absolute atomic E-state index is 0.490. The molecular weight excluding hydrogens is 250 g/mol. The summed E-state index contributed by atoms with van der Waals surface area (Å²) in [5, 5.41) is 3.48. The lowest BCUT2D eigenvalue weighted by molar-refractivity contribution is 0.144. The second kappa shape index (κ2) is 9.86. The molecule has 0 bridgehead atoms. The summed E-state index contributed by atoms with van der Waals surface area (Å²) in [7, 11) is 2.15. The molecule has 114 valence electrons. The number of rotatable bonds is 10. The summed E-state index contributed by atoms with van der Waals surface area (Å²) in [5.41, 5.74) is 2.22. The highest BCUT2D eigenvalue weighted by Gasteiger charge is 2.09. The Kier molecular flexibility index (Phi) is 8.42. The van der Waals surface area contributed by atoms with Crippen molar-refractivity contribution < 1.29 is 4.74 Å². The molecule has 0 aliphatic carbocycles. The van der Waals surface area contributed by atoms with Crippen molar-refractivity contribution in [3.63, 3.8) is 0 Å². The number of hydrogen-bond acceptors (Lipinski definition) is 4. The number of nitrogens with zero attached hydrogens (tertiary/aromatic N) is 2. The molecule has 1 atom stereocenters. The average Bonchev–Trinajstić information content (AvgIpc) is 2.42. The number of aromatic nitrogens is 1. The van der Waals surface area contributed by atoms with E-state index in [1.54, 1.807) is 0 Å². The smallest absolute Gasteiger partial charge is 0.0547 e. The van der Waals surface area contributed by atoms with Crippen LogP contribution in [0.5, 0.6) is 0 Å². The third-order valence-corrected chi connectivity index (χ3v) is 3.40. The fraction of sp³-hybridized carbons (Fsp3) is 0.688. The summed E-state index contributed by atoms with van der Waals surface area (Å²) in [6, 6.07) is 6.69. The van der Waals surface area contributed by atoms with Crippen molar-refractivity contribution in [3.8, 4) is 0 Å². The van der Waals surface area contributed by atoms with Gasteiger partial charge >= 0.3 is 0 Å². The Bertz CT molecular complexity index is 370. The Hall–Kier alpha value is -0.970. The first kappa shape index (κ1) is 17.1. The number of likely N-dealkylation sites (N-methyl/N-ethyl adjacent to an activating group) is 1. The summed E-state index contributed by atoms with van der Waals surface area (Å²) >= 11 is 0. The van der Waals surface area contributed by atoms with Gasteiger partial charge in [0, 0.05) is 38.0 Å². The van der Waals surface area contributed by atoms with E-state index in [2.05, 4.69) is 41.3 Å². The molecule has 0 amide bonds. The van der Waals surface area contributed by atoms with Crippen LogP contribution in [-0.2, 0) is 11.3 Å². The number of nitrogens with one attached hydrogen (secondary N) is 1. The molecule has 1 N–H and O–H groups in total. The molecule has 4 nitrogen and oxygen atoms in total. The second-order valence-electron chi connectivity index (χ2n) is 5.29. The van der Waals surface area contributed by atoms with Crippen LogP contribution in [0.1, 0.15) is 31.7 Å². The van der Waals surface area contributed by atoms with Gasteiger partial charge in [-0.25, -0.2) is 0 Å². The number of hydrogen-bond donors (Lipinski definition) is 1. The summed E-state index contributed by atoms with van der Waals surface area (Å²) in [6.07, 6.45) is 1.07. The number of aryl methyl sites for hydroxylation is 1. The van der Waals surface area contributed by atoms with Crippen LogP contribution in [0.4, 0.5) is 0 Å². The predicted octanol–water partition coefficient (Wildman–Crippen LogP) is 2.23. The van der Waals surface area contributed by atoms with E-state index >= 15 is 0 Å². The van der Waals surface area contributed by atoms with Crippen LogP contribution in [0, 0.1) is 6.92 Å². The normalized spacial score (nSPS) is 12.8. The molecule has 4 heteroatoms. The van der Waals surface area contributed by atoms with Gasteiger partial charge in [-0.05, 0) is 52.9 Å². The van der Waals surface area contributed by atoms with Gasteiger partial charge in [0.15, 0.2) is 0 Å². The molecule has 20 heavy (non-hydrogen) atoms. The van der Waals surface area contributed by atoms with Gasteiger partial charge in [0.05, 0.1) is 5.69 Å². The van der Waals surface area contributed by atoms with Crippen molar-refractivity contribution in [1.82, 2.24) is 15.2 Å². The minimum Gasteiger partial charge on any atom is -0.382 e. The van der Waals surface area contributed by atoms with Crippen molar-refractivity contribution in [2.45, 2.75) is 39.8 Å². The van der Waals surface area contributed by atoms with E-state index in [-0.39, 0.29) is 0 Å². The van der Waals surface area contributed by atoms with Crippen LogP contribution in [0.25, 0.3) is 0 Å². The van der Waals surface area contributed by atoms with E-state index in [9.17, 15) is 0 Å². The quantitative estimate of drug-likeness (QED) is 0.667. The first-order valence-corrected chi connectivity index (χ1v) is 7.54. The highest BCUT2D eigenvalue weighted by Crippen LogP contribution is 2.04. The minimum atomic E-state index is 0.490. The molecule has 0 saturated carbocycles. The van der Waals surface area contributed by atoms with E-state index in [4.69, 9.17) is 4.74 Å². The van der Waals surface area contributed by atoms with Crippen LogP contribution in [-0.4, -0.2) is 49.3 Å². The third kappa shape index (κ3) is 6.98. The molecule has 1 heterocycles. The lowest BCUT2D eigenvalue weighted by atomic mass is 10.2. The van der Waals surface area contributed by atoms with Gasteiger partial charge in [-0.15, -0.1) is 0 Å². The van der Waals surface area contributed by atoms with Gasteiger partial charge in [0.25, 0.3) is 0 Å². The topological polar surface area (TPSA) is 37.4 Å². The van der Waals surface area contributed by atoms with Gasteiger partial charge in [0.2, 0.25) is 0 Å². The van der Waals surface area contributed by atoms with Crippen LogP contribution < -0.4 is 5.32 Å². The fourth-order valence-electron chi connectivity index (χ4n) is 2.01. The maximum absolute atomic E-state index is 5.32. The average molecular weight is 279 g/mol. The monoisotopic (exact) mass is 279 g/mol. The lowest BCUT2D eigenvalue weighted by Gasteiger charge is -2.24. The summed E-state index contributed by atoms with van der Waals surface area (Å²) in [6.45, 7) is 10.9. The first-order chi connectivity index (χ1) is 9.63. The predicted molar refractivity (Wildman–Crippen MR) is 83.9 cm³/mol. The number of ether oxygens (including phenoxy) is 1. The molecule has 0 aliphatic rings. The van der Waals surface area contributed by atoms with Gasteiger partial charge in [-0.3, -0.25) is 9.88 Å². The lowest BCUT2D eigenvalue weighted by Crippen LogP contribution is -2.38. The number of pyridine rings is 1. The Labute approximate surface area is 123 Å². The zero-order chi connectivity index (χ0) is 14.8. The Morgan fingerprint density at radius 1 is 1.40 bits per heavy atom. The van der Waals surface area contributed by atoms with Crippen molar-refractivity contribution in [2.24, 2.45) is 0 Å². The molecule has 0 fully saturated rings. The second-order valence-corrected chi connectivity index (χ2v) is 5.29. The molecule has 0 aliphatic heterocycles. The van der Waals surface area contributed by atoms with E-state index < -0.39 is 0 Å². The SMILES string of the molecule is CCOCCCNCC(C)N(C)Cc1cccc(C)n1. The Morgan fingerprint density at radius 2 is 2.20 bits per heavy atom. The first-order valence-electron chi connectivity index (χ1n) is 7.54. The van der Waals surface area contributed by atoms with Gasteiger partial charge in [-0.2, -0.15) is 0 Å². The van der Waals surface area contributed by atoms with Crippen LogP contribution >= 0.6 is 0 Å². The maximum Gasteiger partial charge on any atom is 0.0547 e. The van der Waals surface area contributed by atoms with Crippen molar-refractivity contribution in [3.05, 3.63) is 29.6 Å². The molecule has 1 unspecified atom stereocenters. The van der Waals surface area contributed by atoms with Gasteiger partial charge in [-0.1, -0.05) is 6.07 Å². The third-order valence-electron chi connectivity index (χ3n) is 3.40. The van der Waals surface area contributed by atoms with E-state index in [1.807, 2.05) is 19.9 Å². The van der Waals surface area contributed by atoms with Crippen LogP contribution in [0.15, 0.2) is 18.2 Å². The molecule has 1 aromatic rings. The standard InChI is InChI=1S/C16H29N3O/c1-5-20-11-7-10-17-12-15(3)19(4)13-16-9-6-8-14(2)18-16/h6,8-9,15,17H,5,7,10-13H2,1-4H3. The van der Waals surface area contributed by atoms with Gasteiger partial charge < -0.3 is 10.1 Å². The zero-order valence-electron chi connectivity index (χ0n) is 13.4. The van der Waals surface area contributed by atoms with Gasteiger partial charge in [0.1, 0.15) is 0 Å². The molecule has 0 spiro atoms. The van der Waals surface area contributed by atoms with E-state index in [1.165, 1.54) is 0 Å². The fourth-order valence-corrected chi connectivity index (χ4v) is 2.01. The van der Waals surface area contributed by atoms with E-state index in [0.29, 0.717) is 6.04 Å². The highest BCUT2D eigenvalue weighted by molar-refractivity contribution is 5.09. The molecular formula is C16H29N3O. The maximum atomic E-state index is 5.32. The van der Waals surface area contributed by atoms with E-state index in [0.717, 1.165) is 50.7 Å². The molecule has 0 saturated heterocycles. The Morgan fingerprint density at radius 3 is 2.90 bits per heavy atom. The zero-order valence-corrected chi connectivity index (χ0v) is 13.4. The van der Waals surface area contributed by atoms with Crippen molar-refractivity contribution >= 4 is 0 Å². The largest absolute Gasteiger partial charge is 0.382 e. The molecule has 1 aromatic heterocycles. The molecule has 1 rings (SSSR count). The Balaban J connectivity index is 2.20. The summed E-state index contributed by atoms with van der Waals surface area (Å²) in [5.74, 6) is 0. The van der Waals surface area contributed by atoms with Crippen molar-refractivity contribution in [1.29, 1.82) is 0 Å². The highest BCUT2D eigenvalue weighted by atomic mass is 16.5. The summed E-state index contributed by atoms with van der Waals surface area (Å²) in [4.78, 5) is 6.88. The molecule has 0 aromatic carbocycles. The van der Waals surface area contributed by atoms with Crippen molar-refractivity contribution in [2.75, 3.05) is 33.4 Å².